The maximum absolute atomic E-state index is 6.14. The summed E-state index contributed by atoms with van der Waals surface area (Å²) in [6, 6.07) is 5.44. The summed E-state index contributed by atoms with van der Waals surface area (Å²) < 4.78 is 0. The average Bonchev–Trinajstić information content (AvgIpc) is 2.33. The Morgan fingerprint density at radius 2 is 2.22 bits per heavy atom. The van der Waals surface area contributed by atoms with Gasteiger partial charge >= 0.3 is 0 Å². The molecular weight excluding hydrogens is 287 g/mol. The molecule has 1 aromatic carbocycles. The Morgan fingerprint density at radius 3 is 2.89 bits per heavy atom. The molecule has 1 atom stereocenters. The normalized spacial score (nSPS) is 23.7. The van der Waals surface area contributed by atoms with Gasteiger partial charge in [-0.3, -0.25) is 4.99 Å². The Hall–Kier alpha value is -0.380. The van der Waals surface area contributed by atoms with Crippen molar-refractivity contribution in [3.05, 3.63) is 28.2 Å². The van der Waals surface area contributed by atoms with Gasteiger partial charge in [0.15, 0.2) is 5.17 Å². The minimum absolute atomic E-state index is 0.0481. The van der Waals surface area contributed by atoms with E-state index in [0.717, 1.165) is 29.4 Å². The highest BCUT2D eigenvalue weighted by Crippen LogP contribution is 2.31. The maximum atomic E-state index is 6.14. The number of benzene rings is 1. The van der Waals surface area contributed by atoms with E-state index in [9.17, 15) is 0 Å². The topological polar surface area (TPSA) is 24.4 Å². The Morgan fingerprint density at radius 1 is 1.44 bits per heavy atom. The summed E-state index contributed by atoms with van der Waals surface area (Å²) in [6.45, 7) is 4.37. The van der Waals surface area contributed by atoms with E-state index in [1.165, 1.54) is 0 Å². The highest BCUT2D eigenvalue weighted by atomic mass is 35.5. The third-order valence-electron chi connectivity index (χ3n) is 3.19. The quantitative estimate of drug-likeness (QED) is 0.825. The van der Waals surface area contributed by atoms with Crippen LogP contribution in [0.25, 0.3) is 0 Å². The van der Waals surface area contributed by atoms with Crippen LogP contribution < -0.4 is 5.32 Å². The summed E-state index contributed by atoms with van der Waals surface area (Å²) >= 11 is 13.8. The second-order valence-electron chi connectivity index (χ2n) is 4.62. The number of amidine groups is 1. The number of hydrogen-bond donors (Lipinski definition) is 1. The van der Waals surface area contributed by atoms with E-state index in [-0.39, 0.29) is 5.54 Å². The number of hydrogen-bond acceptors (Lipinski definition) is 3. The molecular formula is C13H16Cl2N2S. The van der Waals surface area contributed by atoms with Crippen LogP contribution in [0.3, 0.4) is 0 Å². The standard InChI is InChI=1S/C13H16Cl2N2S/c1-3-13(2)6-7-18-12(17-13)16-11-5-4-9(14)8-10(11)15/h4-5,8H,3,6-7H2,1-2H3,(H,16,17). The van der Waals surface area contributed by atoms with E-state index in [1.807, 2.05) is 12.1 Å². The molecule has 0 radical (unpaired) electrons. The second-order valence-corrected chi connectivity index (χ2v) is 6.54. The van der Waals surface area contributed by atoms with Gasteiger partial charge in [0.1, 0.15) is 0 Å². The molecule has 1 aromatic rings. The summed E-state index contributed by atoms with van der Waals surface area (Å²) in [6.07, 6.45) is 2.17. The Bertz CT molecular complexity index is 476. The van der Waals surface area contributed by atoms with Crippen molar-refractivity contribution in [3.8, 4) is 0 Å². The highest BCUT2D eigenvalue weighted by Gasteiger charge is 2.26. The van der Waals surface area contributed by atoms with Gasteiger partial charge in [0.2, 0.25) is 0 Å². The Balaban J connectivity index is 2.18. The maximum Gasteiger partial charge on any atom is 0.161 e. The van der Waals surface area contributed by atoms with E-state index in [0.29, 0.717) is 10.0 Å². The Kier molecular flexibility index (Phi) is 4.46. The van der Waals surface area contributed by atoms with Crippen LogP contribution in [0.4, 0.5) is 5.69 Å². The molecule has 1 unspecified atom stereocenters. The van der Waals surface area contributed by atoms with Crippen LogP contribution in [0.5, 0.6) is 0 Å². The number of halogens is 2. The number of nitrogens with zero attached hydrogens (tertiary/aromatic N) is 1. The molecule has 0 spiro atoms. The molecule has 0 fully saturated rings. The molecule has 18 heavy (non-hydrogen) atoms. The third kappa shape index (κ3) is 3.34. The van der Waals surface area contributed by atoms with E-state index in [4.69, 9.17) is 28.2 Å². The van der Waals surface area contributed by atoms with Crippen molar-refractivity contribution in [2.75, 3.05) is 11.1 Å². The first kappa shape index (κ1) is 14.0. The predicted molar refractivity (Wildman–Crippen MR) is 83.3 cm³/mol. The van der Waals surface area contributed by atoms with Gasteiger partial charge in [-0.2, -0.15) is 0 Å². The lowest BCUT2D eigenvalue weighted by molar-refractivity contribution is 0.443. The van der Waals surface area contributed by atoms with E-state index < -0.39 is 0 Å². The first-order valence-electron chi connectivity index (χ1n) is 5.97. The fourth-order valence-corrected chi connectivity index (χ4v) is 3.38. The molecule has 98 valence electrons. The molecule has 0 saturated carbocycles. The third-order valence-corrected chi connectivity index (χ3v) is 4.61. The van der Waals surface area contributed by atoms with Crippen molar-refractivity contribution >= 4 is 45.8 Å². The Labute approximate surface area is 122 Å². The monoisotopic (exact) mass is 302 g/mol. The predicted octanol–water partition coefficient (Wildman–Crippen LogP) is 5.07. The van der Waals surface area contributed by atoms with Gasteiger partial charge in [-0.25, -0.2) is 0 Å². The lowest BCUT2D eigenvalue weighted by Gasteiger charge is -2.29. The lowest BCUT2D eigenvalue weighted by atomic mass is 9.97. The van der Waals surface area contributed by atoms with Crippen LogP contribution in [-0.2, 0) is 0 Å². The van der Waals surface area contributed by atoms with E-state index in [1.54, 1.807) is 17.8 Å². The number of nitrogens with one attached hydrogen (secondary N) is 1. The summed E-state index contributed by atoms with van der Waals surface area (Å²) in [4.78, 5) is 4.77. The summed E-state index contributed by atoms with van der Waals surface area (Å²) in [5.41, 5.74) is 0.902. The molecule has 0 aromatic heterocycles. The van der Waals surface area contributed by atoms with Crippen LogP contribution in [0.2, 0.25) is 10.0 Å². The molecule has 5 heteroatoms. The molecule has 2 rings (SSSR count). The number of rotatable bonds is 2. The highest BCUT2D eigenvalue weighted by molar-refractivity contribution is 8.14. The average molecular weight is 303 g/mol. The minimum atomic E-state index is 0.0481. The molecule has 0 amide bonds. The van der Waals surface area contributed by atoms with Crippen LogP contribution in [-0.4, -0.2) is 16.5 Å². The van der Waals surface area contributed by atoms with Gasteiger partial charge < -0.3 is 5.32 Å². The molecule has 2 nitrogen and oxygen atoms in total. The van der Waals surface area contributed by atoms with Gasteiger partial charge in [0.25, 0.3) is 0 Å². The zero-order valence-electron chi connectivity index (χ0n) is 10.5. The number of anilines is 1. The smallest absolute Gasteiger partial charge is 0.161 e. The van der Waals surface area contributed by atoms with Crippen molar-refractivity contribution in [2.24, 2.45) is 4.99 Å². The number of aliphatic imine (C=N–C) groups is 1. The van der Waals surface area contributed by atoms with Gasteiger partial charge in [-0.1, -0.05) is 41.9 Å². The first-order valence-corrected chi connectivity index (χ1v) is 7.71. The summed E-state index contributed by atoms with van der Waals surface area (Å²) in [5.74, 6) is 1.08. The van der Waals surface area contributed by atoms with Crippen molar-refractivity contribution in [3.63, 3.8) is 0 Å². The first-order chi connectivity index (χ1) is 8.52. The van der Waals surface area contributed by atoms with Crippen molar-refractivity contribution in [2.45, 2.75) is 32.2 Å². The molecule has 0 saturated heterocycles. The van der Waals surface area contributed by atoms with E-state index in [2.05, 4.69) is 19.2 Å². The van der Waals surface area contributed by atoms with Crippen molar-refractivity contribution in [1.29, 1.82) is 0 Å². The second kappa shape index (κ2) is 5.72. The molecule has 0 aliphatic carbocycles. The van der Waals surface area contributed by atoms with Crippen LogP contribution in [0.15, 0.2) is 23.2 Å². The molecule has 1 N–H and O–H groups in total. The van der Waals surface area contributed by atoms with Gasteiger partial charge in [0, 0.05) is 10.8 Å². The van der Waals surface area contributed by atoms with E-state index >= 15 is 0 Å². The van der Waals surface area contributed by atoms with Crippen LogP contribution in [0.1, 0.15) is 26.7 Å². The lowest BCUT2D eigenvalue weighted by Crippen LogP contribution is -2.29. The zero-order chi connectivity index (χ0) is 13.2. The zero-order valence-corrected chi connectivity index (χ0v) is 12.8. The van der Waals surface area contributed by atoms with Crippen LogP contribution >= 0.6 is 35.0 Å². The van der Waals surface area contributed by atoms with Gasteiger partial charge in [-0.05, 0) is 38.0 Å². The van der Waals surface area contributed by atoms with Crippen molar-refractivity contribution < 1.29 is 0 Å². The fraction of sp³-hybridized carbons (Fsp3) is 0.462. The van der Waals surface area contributed by atoms with Crippen molar-refractivity contribution in [1.82, 2.24) is 0 Å². The summed E-state index contributed by atoms with van der Waals surface area (Å²) in [5, 5.41) is 5.49. The molecule has 1 heterocycles. The van der Waals surface area contributed by atoms with Gasteiger partial charge in [0.05, 0.1) is 16.2 Å². The molecule has 1 aliphatic rings. The number of thioether (sulfide) groups is 1. The molecule has 1 aliphatic heterocycles. The van der Waals surface area contributed by atoms with Crippen LogP contribution in [0, 0.1) is 0 Å². The SMILES string of the molecule is CCC1(C)CCSC(Nc2ccc(Cl)cc2Cl)=N1. The van der Waals surface area contributed by atoms with Gasteiger partial charge in [-0.15, -0.1) is 0 Å². The minimum Gasteiger partial charge on any atom is -0.334 e. The summed E-state index contributed by atoms with van der Waals surface area (Å²) in [7, 11) is 0. The largest absolute Gasteiger partial charge is 0.334 e. The molecule has 0 bridgehead atoms. The fourth-order valence-electron chi connectivity index (χ4n) is 1.73.